The highest BCUT2D eigenvalue weighted by Crippen LogP contribution is 2.17. The summed E-state index contributed by atoms with van der Waals surface area (Å²) in [5.74, 6) is 0.781. The Hall–Kier alpha value is -1.03. The molecule has 0 aliphatic carbocycles. The van der Waals surface area contributed by atoms with Crippen molar-refractivity contribution in [2.24, 2.45) is 5.92 Å². The third-order valence-electron chi connectivity index (χ3n) is 2.52. The Balaban J connectivity index is 3.62. The van der Waals surface area contributed by atoms with Crippen LogP contribution in [-0.2, 0) is 0 Å². The molecule has 1 heteroatoms. The Labute approximate surface area is 88.1 Å². The Kier molecular flexibility index (Phi) is 7.93. The SMILES string of the molecule is C=CCC(CC)CCC/C=C(\C)C#N. The lowest BCUT2D eigenvalue weighted by Gasteiger charge is -2.10. The average molecular weight is 191 g/mol. The fourth-order valence-corrected chi connectivity index (χ4v) is 1.50. The van der Waals surface area contributed by atoms with E-state index in [1.807, 2.05) is 19.1 Å². The van der Waals surface area contributed by atoms with Crippen LogP contribution in [0.25, 0.3) is 0 Å². The number of hydrogen-bond acceptors (Lipinski definition) is 1. The highest BCUT2D eigenvalue weighted by Gasteiger charge is 2.02. The maximum Gasteiger partial charge on any atom is 0.0940 e. The van der Waals surface area contributed by atoms with Crippen molar-refractivity contribution in [1.82, 2.24) is 0 Å². The molecule has 0 fully saturated rings. The second-order valence-electron chi connectivity index (χ2n) is 3.73. The van der Waals surface area contributed by atoms with Crippen LogP contribution in [0.4, 0.5) is 0 Å². The van der Waals surface area contributed by atoms with E-state index in [1.165, 1.54) is 19.3 Å². The molecule has 0 saturated carbocycles. The van der Waals surface area contributed by atoms with Crippen molar-refractivity contribution in [1.29, 1.82) is 5.26 Å². The van der Waals surface area contributed by atoms with E-state index in [1.54, 1.807) is 0 Å². The molecule has 0 N–H and O–H groups in total. The topological polar surface area (TPSA) is 23.8 Å². The van der Waals surface area contributed by atoms with Gasteiger partial charge in [0, 0.05) is 5.57 Å². The van der Waals surface area contributed by atoms with Gasteiger partial charge in [-0.1, -0.05) is 25.5 Å². The van der Waals surface area contributed by atoms with Crippen LogP contribution in [-0.4, -0.2) is 0 Å². The van der Waals surface area contributed by atoms with Gasteiger partial charge >= 0.3 is 0 Å². The average Bonchev–Trinajstić information content (AvgIpc) is 2.22. The minimum absolute atomic E-state index is 0.781. The Morgan fingerprint density at radius 2 is 2.29 bits per heavy atom. The highest BCUT2D eigenvalue weighted by molar-refractivity contribution is 5.16. The number of hydrogen-bond donors (Lipinski definition) is 0. The summed E-state index contributed by atoms with van der Waals surface area (Å²) in [6, 6.07) is 2.14. The zero-order valence-electron chi connectivity index (χ0n) is 9.42. The van der Waals surface area contributed by atoms with Gasteiger partial charge in [-0.15, -0.1) is 6.58 Å². The van der Waals surface area contributed by atoms with Crippen LogP contribution in [0, 0.1) is 17.2 Å². The molecule has 0 aliphatic heterocycles. The summed E-state index contributed by atoms with van der Waals surface area (Å²) in [4.78, 5) is 0. The first-order valence-corrected chi connectivity index (χ1v) is 5.42. The van der Waals surface area contributed by atoms with Gasteiger partial charge in [0.1, 0.15) is 0 Å². The largest absolute Gasteiger partial charge is 0.193 e. The van der Waals surface area contributed by atoms with E-state index < -0.39 is 0 Å². The van der Waals surface area contributed by atoms with Crippen molar-refractivity contribution in [2.75, 3.05) is 0 Å². The first-order valence-electron chi connectivity index (χ1n) is 5.42. The first kappa shape index (κ1) is 13.0. The molecule has 1 nitrogen and oxygen atoms in total. The Morgan fingerprint density at radius 1 is 1.57 bits per heavy atom. The van der Waals surface area contributed by atoms with Gasteiger partial charge in [0.15, 0.2) is 0 Å². The smallest absolute Gasteiger partial charge is 0.0940 e. The third-order valence-corrected chi connectivity index (χ3v) is 2.52. The molecule has 0 saturated heterocycles. The molecule has 0 rings (SSSR count). The summed E-state index contributed by atoms with van der Waals surface area (Å²) in [5, 5.41) is 8.54. The molecule has 0 radical (unpaired) electrons. The number of nitrogens with zero attached hydrogens (tertiary/aromatic N) is 1. The summed E-state index contributed by atoms with van der Waals surface area (Å²) >= 11 is 0. The Bertz CT molecular complexity index is 220. The van der Waals surface area contributed by atoms with Crippen molar-refractivity contribution in [3.05, 3.63) is 24.3 Å². The molecule has 78 valence electrons. The fourth-order valence-electron chi connectivity index (χ4n) is 1.50. The van der Waals surface area contributed by atoms with E-state index in [9.17, 15) is 0 Å². The maximum absolute atomic E-state index is 8.54. The van der Waals surface area contributed by atoms with E-state index in [-0.39, 0.29) is 0 Å². The number of allylic oxidation sites excluding steroid dienone is 3. The van der Waals surface area contributed by atoms with E-state index in [2.05, 4.69) is 19.6 Å². The standard InChI is InChI=1S/C13H21N/c1-4-8-13(5-2)10-7-6-9-12(3)11-14/h4,9,13H,1,5-8,10H2,2-3H3/b12-9+. The first-order chi connectivity index (χ1) is 6.74. The predicted octanol–water partition coefficient (Wildman–Crippen LogP) is 4.23. The van der Waals surface area contributed by atoms with Gasteiger partial charge in [0.2, 0.25) is 0 Å². The van der Waals surface area contributed by atoms with E-state index in [0.29, 0.717) is 0 Å². The normalized spacial score (nSPS) is 13.4. The van der Waals surface area contributed by atoms with Gasteiger partial charge in [0.05, 0.1) is 6.07 Å². The molecule has 14 heavy (non-hydrogen) atoms. The molecule has 0 bridgehead atoms. The van der Waals surface area contributed by atoms with Crippen LogP contribution in [0.1, 0.15) is 46.0 Å². The second-order valence-corrected chi connectivity index (χ2v) is 3.73. The van der Waals surface area contributed by atoms with E-state index >= 15 is 0 Å². The van der Waals surface area contributed by atoms with Crippen LogP contribution in [0.5, 0.6) is 0 Å². The summed E-state index contributed by atoms with van der Waals surface area (Å²) in [6.07, 6.45) is 9.85. The van der Waals surface area contributed by atoms with Crippen molar-refractivity contribution < 1.29 is 0 Å². The minimum atomic E-state index is 0.781. The summed E-state index contributed by atoms with van der Waals surface area (Å²) < 4.78 is 0. The summed E-state index contributed by atoms with van der Waals surface area (Å²) in [7, 11) is 0. The zero-order chi connectivity index (χ0) is 10.8. The van der Waals surface area contributed by atoms with Crippen molar-refractivity contribution in [3.8, 4) is 6.07 Å². The van der Waals surface area contributed by atoms with Gasteiger partial charge in [-0.25, -0.2) is 0 Å². The minimum Gasteiger partial charge on any atom is -0.193 e. The summed E-state index contributed by atoms with van der Waals surface area (Å²) in [6.45, 7) is 7.85. The molecule has 0 heterocycles. The molecule has 1 unspecified atom stereocenters. The Morgan fingerprint density at radius 3 is 2.79 bits per heavy atom. The van der Waals surface area contributed by atoms with Crippen molar-refractivity contribution >= 4 is 0 Å². The lowest BCUT2D eigenvalue weighted by Crippen LogP contribution is -1.96. The lowest BCUT2D eigenvalue weighted by atomic mass is 9.95. The maximum atomic E-state index is 8.54. The van der Waals surface area contributed by atoms with Crippen LogP contribution in [0.3, 0.4) is 0 Å². The molecule has 0 spiro atoms. The molecule has 0 aromatic heterocycles. The number of unbranched alkanes of at least 4 members (excludes halogenated alkanes) is 1. The third kappa shape index (κ3) is 6.48. The molecule has 0 aromatic rings. The van der Waals surface area contributed by atoms with Crippen LogP contribution >= 0.6 is 0 Å². The summed E-state index contributed by atoms with van der Waals surface area (Å²) in [5.41, 5.74) is 0.835. The van der Waals surface area contributed by atoms with Crippen molar-refractivity contribution in [2.45, 2.75) is 46.0 Å². The molecule has 1 atom stereocenters. The monoisotopic (exact) mass is 191 g/mol. The molecular weight excluding hydrogens is 170 g/mol. The van der Waals surface area contributed by atoms with Gasteiger partial charge in [-0.2, -0.15) is 5.26 Å². The fraction of sp³-hybridized carbons (Fsp3) is 0.615. The van der Waals surface area contributed by atoms with Gasteiger partial charge < -0.3 is 0 Å². The van der Waals surface area contributed by atoms with Gasteiger partial charge in [-0.3, -0.25) is 0 Å². The zero-order valence-corrected chi connectivity index (χ0v) is 9.42. The molecule has 0 amide bonds. The predicted molar refractivity (Wildman–Crippen MR) is 61.8 cm³/mol. The second kappa shape index (κ2) is 8.56. The number of rotatable bonds is 7. The van der Waals surface area contributed by atoms with E-state index in [4.69, 9.17) is 5.26 Å². The van der Waals surface area contributed by atoms with Gasteiger partial charge in [-0.05, 0) is 38.5 Å². The van der Waals surface area contributed by atoms with Crippen LogP contribution < -0.4 is 0 Å². The highest BCUT2D eigenvalue weighted by atomic mass is 14.2. The molecule has 0 aliphatic rings. The quantitative estimate of drug-likeness (QED) is 0.335. The lowest BCUT2D eigenvalue weighted by molar-refractivity contribution is 0.462. The van der Waals surface area contributed by atoms with Gasteiger partial charge in [0.25, 0.3) is 0 Å². The van der Waals surface area contributed by atoms with Crippen molar-refractivity contribution in [3.63, 3.8) is 0 Å². The van der Waals surface area contributed by atoms with Crippen LogP contribution in [0.15, 0.2) is 24.3 Å². The van der Waals surface area contributed by atoms with Crippen LogP contribution in [0.2, 0.25) is 0 Å². The molecular formula is C13H21N. The molecule has 0 aromatic carbocycles. The number of nitriles is 1. The van der Waals surface area contributed by atoms with E-state index in [0.717, 1.165) is 24.3 Å².